The quantitative estimate of drug-likeness (QED) is 0.649. The Balaban J connectivity index is 1.89. The number of morpholine rings is 1. The lowest BCUT2D eigenvalue weighted by Gasteiger charge is -2.31. The number of nitrogens with zero attached hydrogens (tertiary/aromatic N) is 4. The van der Waals surface area contributed by atoms with Crippen LogP contribution >= 0.6 is 0 Å². The molecule has 0 amide bonds. The van der Waals surface area contributed by atoms with Gasteiger partial charge in [-0.05, 0) is 11.0 Å². The molecule has 1 N–H and O–H groups in total. The third-order valence-electron chi connectivity index (χ3n) is 3.55. The second-order valence-electron chi connectivity index (χ2n) is 4.98. The molecular formula is C13H16N4O4. The molecule has 8 heteroatoms. The molecule has 0 aromatic carbocycles. The van der Waals surface area contributed by atoms with E-state index in [1.807, 2.05) is 4.90 Å². The monoisotopic (exact) mass is 292 g/mol. The molecule has 21 heavy (non-hydrogen) atoms. The molecule has 1 unspecified atom stereocenters. The van der Waals surface area contributed by atoms with Gasteiger partial charge in [0.05, 0.1) is 25.5 Å². The number of fused-ring (bicyclic) bond motifs is 1. The van der Waals surface area contributed by atoms with E-state index in [2.05, 4.69) is 4.98 Å². The summed E-state index contributed by atoms with van der Waals surface area (Å²) in [5.74, 6) is -0.00218. The van der Waals surface area contributed by atoms with Gasteiger partial charge in [0, 0.05) is 25.7 Å². The predicted octanol–water partition coefficient (Wildman–Crippen LogP) is 0.436. The van der Waals surface area contributed by atoms with Gasteiger partial charge in [0.2, 0.25) is 5.65 Å². The van der Waals surface area contributed by atoms with Gasteiger partial charge in [0.1, 0.15) is 0 Å². The van der Waals surface area contributed by atoms with Crippen molar-refractivity contribution in [1.82, 2.24) is 14.3 Å². The lowest BCUT2D eigenvalue weighted by atomic mass is 10.2. The normalized spacial score (nSPS) is 20.0. The molecule has 0 aliphatic carbocycles. The Morgan fingerprint density at radius 2 is 2.38 bits per heavy atom. The number of aromatic nitrogens is 2. The second-order valence-corrected chi connectivity index (χ2v) is 4.98. The maximum absolute atomic E-state index is 11.3. The fourth-order valence-electron chi connectivity index (χ4n) is 2.58. The summed E-state index contributed by atoms with van der Waals surface area (Å²) in [7, 11) is 0. The number of imidazole rings is 1. The van der Waals surface area contributed by atoms with Crippen molar-refractivity contribution >= 4 is 11.5 Å². The summed E-state index contributed by atoms with van der Waals surface area (Å²) in [5, 5.41) is 20.5. The minimum Gasteiger partial charge on any atom is -0.394 e. The van der Waals surface area contributed by atoms with Gasteiger partial charge in [-0.1, -0.05) is 6.07 Å². The van der Waals surface area contributed by atoms with E-state index in [0.29, 0.717) is 37.6 Å². The summed E-state index contributed by atoms with van der Waals surface area (Å²) in [4.78, 5) is 17.3. The Morgan fingerprint density at radius 1 is 1.52 bits per heavy atom. The molecule has 0 spiro atoms. The van der Waals surface area contributed by atoms with Crippen LogP contribution in [0, 0.1) is 10.1 Å². The molecule has 0 bridgehead atoms. The maximum Gasteiger partial charge on any atom is 0.352 e. The van der Waals surface area contributed by atoms with Gasteiger partial charge in [-0.15, -0.1) is 0 Å². The van der Waals surface area contributed by atoms with Crippen molar-refractivity contribution in [3.63, 3.8) is 0 Å². The zero-order valence-electron chi connectivity index (χ0n) is 11.4. The van der Waals surface area contributed by atoms with Gasteiger partial charge >= 0.3 is 5.82 Å². The van der Waals surface area contributed by atoms with E-state index in [4.69, 9.17) is 9.84 Å². The standard InChI is InChI=1S/C13H16N4O4/c18-9-10-7-15(5-6-21-10)8-11-13(17(19)20)16-4-2-1-3-12(16)14-11/h1-4,10,18H,5-9H2. The summed E-state index contributed by atoms with van der Waals surface area (Å²) < 4.78 is 6.87. The SMILES string of the molecule is O=[N+]([O-])c1c(CN2CCOC(CO)C2)nc2ccccn12. The molecule has 2 aromatic rings. The average molecular weight is 292 g/mol. The number of aliphatic hydroxyl groups excluding tert-OH is 1. The van der Waals surface area contributed by atoms with Crippen molar-refractivity contribution in [3.05, 3.63) is 40.2 Å². The molecule has 0 radical (unpaired) electrons. The van der Waals surface area contributed by atoms with E-state index in [1.165, 1.54) is 4.40 Å². The Bertz CT molecular complexity index is 657. The van der Waals surface area contributed by atoms with Gasteiger partial charge in [0.15, 0.2) is 5.69 Å². The Kier molecular flexibility index (Phi) is 3.82. The lowest BCUT2D eigenvalue weighted by molar-refractivity contribution is -0.391. The van der Waals surface area contributed by atoms with Crippen molar-refractivity contribution in [2.45, 2.75) is 12.6 Å². The van der Waals surface area contributed by atoms with Gasteiger partial charge in [-0.25, -0.2) is 4.98 Å². The molecule has 2 aromatic heterocycles. The van der Waals surface area contributed by atoms with Gasteiger partial charge in [-0.3, -0.25) is 4.90 Å². The molecule has 0 saturated carbocycles. The molecular weight excluding hydrogens is 276 g/mol. The number of hydrogen-bond donors (Lipinski definition) is 1. The van der Waals surface area contributed by atoms with Crippen LogP contribution in [-0.2, 0) is 11.3 Å². The van der Waals surface area contributed by atoms with E-state index in [0.717, 1.165) is 0 Å². The third-order valence-corrected chi connectivity index (χ3v) is 3.55. The Morgan fingerprint density at radius 3 is 3.14 bits per heavy atom. The first-order chi connectivity index (χ1) is 10.2. The molecule has 112 valence electrons. The molecule has 1 fully saturated rings. The number of nitro groups is 1. The maximum atomic E-state index is 11.3. The van der Waals surface area contributed by atoms with E-state index < -0.39 is 4.92 Å². The molecule has 8 nitrogen and oxygen atoms in total. The van der Waals surface area contributed by atoms with E-state index in [-0.39, 0.29) is 18.5 Å². The zero-order chi connectivity index (χ0) is 14.8. The highest BCUT2D eigenvalue weighted by molar-refractivity contribution is 5.48. The van der Waals surface area contributed by atoms with Crippen LogP contribution in [0.25, 0.3) is 5.65 Å². The molecule has 1 atom stereocenters. The highest BCUT2D eigenvalue weighted by Crippen LogP contribution is 2.22. The smallest absolute Gasteiger partial charge is 0.352 e. The van der Waals surface area contributed by atoms with E-state index >= 15 is 0 Å². The van der Waals surface area contributed by atoms with Crippen LogP contribution in [0.15, 0.2) is 24.4 Å². The zero-order valence-corrected chi connectivity index (χ0v) is 11.4. The summed E-state index contributed by atoms with van der Waals surface area (Å²) in [6.07, 6.45) is 1.40. The van der Waals surface area contributed by atoms with Crippen LogP contribution < -0.4 is 0 Å². The van der Waals surface area contributed by atoms with Crippen LogP contribution in [0.1, 0.15) is 5.69 Å². The Hall–Kier alpha value is -2.03. The first-order valence-corrected chi connectivity index (χ1v) is 6.74. The number of pyridine rings is 1. The van der Waals surface area contributed by atoms with Crippen LogP contribution in [-0.4, -0.2) is 56.7 Å². The van der Waals surface area contributed by atoms with Crippen LogP contribution in [0.2, 0.25) is 0 Å². The van der Waals surface area contributed by atoms with Crippen LogP contribution in [0.3, 0.4) is 0 Å². The number of aliphatic hydroxyl groups is 1. The lowest BCUT2D eigenvalue weighted by Crippen LogP contribution is -2.43. The highest BCUT2D eigenvalue weighted by atomic mass is 16.6. The fraction of sp³-hybridized carbons (Fsp3) is 0.462. The van der Waals surface area contributed by atoms with Crippen molar-refractivity contribution < 1.29 is 14.8 Å². The van der Waals surface area contributed by atoms with Crippen molar-refractivity contribution in [1.29, 1.82) is 0 Å². The van der Waals surface area contributed by atoms with E-state index in [1.54, 1.807) is 24.4 Å². The first-order valence-electron chi connectivity index (χ1n) is 6.74. The van der Waals surface area contributed by atoms with Gasteiger partial charge in [-0.2, -0.15) is 4.40 Å². The van der Waals surface area contributed by atoms with Gasteiger partial charge in [0.25, 0.3) is 0 Å². The summed E-state index contributed by atoms with van der Waals surface area (Å²) >= 11 is 0. The van der Waals surface area contributed by atoms with Gasteiger partial charge < -0.3 is 20.0 Å². The summed E-state index contributed by atoms with van der Waals surface area (Å²) in [5.41, 5.74) is 0.996. The third kappa shape index (κ3) is 2.73. The van der Waals surface area contributed by atoms with Crippen LogP contribution in [0.5, 0.6) is 0 Å². The van der Waals surface area contributed by atoms with Crippen LogP contribution in [0.4, 0.5) is 5.82 Å². The molecule has 3 heterocycles. The van der Waals surface area contributed by atoms with Crippen molar-refractivity contribution in [2.24, 2.45) is 0 Å². The van der Waals surface area contributed by atoms with E-state index in [9.17, 15) is 10.1 Å². The molecule has 1 aliphatic rings. The summed E-state index contributed by atoms with van der Waals surface area (Å²) in [6, 6.07) is 5.28. The molecule has 3 rings (SSSR count). The molecule has 1 saturated heterocycles. The minimum absolute atomic E-state index is 0.00218. The first kappa shape index (κ1) is 13.9. The number of hydrogen-bond acceptors (Lipinski definition) is 6. The summed E-state index contributed by atoms with van der Waals surface area (Å²) in [6.45, 7) is 2.04. The van der Waals surface area contributed by atoms with Crippen molar-refractivity contribution in [3.8, 4) is 0 Å². The molecule has 1 aliphatic heterocycles. The largest absolute Gasteiger partial charge is 0.394 e. The van der Waals surface area contributed by atoms with Crippen molar-refractivity contribution in [2.75, 3.05) is 26.3 Å². The second kappa shape index (κ2) is 5.76. The highest BCUT2D eigenvalue weighted by Gasteiger charge is 2.26. The average Bonchev–Trinajstić information content (AvgIpc) is 2.85. The minimum atomic E-state index is -0.403. The predicted molar refractivity (Wildman–Crippen MR) is 73.9 cm³/mol. The number of rotatable bonds is 4. The topological polar surface area (TPSA) is 93.1 Å². The number of ether oxygens (including phenoxy) is 1. The fourth-order valence-corrected chi connectivity index (χ4v) is 2.58. The Labute approximate surface area is 120 Å².